The van der Waals surface area contributed by atoms with Gasteiger partial charge in [-0.2, -0.15) is 0 Å². The molecule has 1 rings (SSSR count). The predicted molar refractivity (Wildman–Crippen MR) is 62.4 cm³/mol. The van der Waals surface area contributed by atoms with Crippen molar-refractivity contribution in [2.24, 2.45) is 5.92 Å². The van der Waals surface area contributed by atoms with E-state index in [9.17, 15) is 4.79 Å². The fourth-order valence-electron chi connectivity index (χ4n) is 1.18. The highest BCUT2D eigenvalue weighted by Crippen LogP contribution is 2.18. The molecule has 0 heterocycles. The number of hydrogen-bond donors (Lipinski definition) is 0. The number of benzene rings is 1. The quantitative estimate of drug-likeness (QED) is 0.796. The Bertz CT molecular complexity index is 319. The molecule has 0 saturated carbocycles. The molecule has 0 saturated heterocycles. The van der Waals surface area contributed by atoms with Crippen molar-refractivity contribution in [3.63, 3.8) is 0 Å². The van der Waals surface area contributed by atoms with E-state index in [1.807, 2.05) is 38.1 Å². The van der Waals surface area contributed by atoms with E-state index >= 15 is 0 Å². The van der Waals surface area contributed by atoms with Gasteiger partial charge in [-0.05, 0) is 24.3 Å². The van der Waals surface area contributed by atoms with E-state index in [1.54, 1.807) is 11.9 Å². The Hall–Kier alpha value is -0.830. The molecular formula is C11H14BrNO. The van der Waals surface area contributed by atoms with Gasteiger partial charge < -0.3 is 4.90 Å². The van der Waals surface area contributed by atoms with Crippen molar-refractivity contribution in [1.82, 2.24) is 0 Å². The second kappa shape index (κ2) is 4.60. The van der Waals surface area contributed by atoms with E-state index in [4.69, 9.17) is 0 Å². The molecule has 0 aliphatic heterocycles. The van der Waals surface area contributed by atoms with Crippen molar-refractivity contribution in [2.45, 2.75) is 13.8 Å². The van der Waals surface area contributed by atoms with Gasteiger partial charge in [-0.25, -0.2) is 0 Å². The third kappa shape index (κ3) is 2.58. The molecule has 0 bridgehead atoms. The Balaban J connectivity index is 2.84. The maximum atomic E-state index is 11.6. The molecule has 0 N–H and O–H groups in total. The van der Waals surface area contributed by atoms with Gasteiger partial charge in [-0.3, -0.25) is 4.79 Å². The number of nitrogens with zero attached hydrogens (tertiary/aromatic N) is 1. The molecule has 0 unspecified atom stereocenters. The third-order valence-corrected chi connectivity index (χ3v) is 2.57. The van der Waals surface area contributed by atoms with Gasteiger partial charge in [0.05, 0.1) is 0 Å². The van der Waals surface area contributed by atoms with Crippen LogP contribution in [-0.2, 0) is 4.79 Å². The molecule has 1 amide bonds. The minimum atomic E-state index is 0.0312. The number of rotatable bonds is 2. The summed E-state index contributed by atoms with van der Waals surface area (Å²) in [5.41, 5.74) is 0.923. The molecule has 1 aromatic carbocycles. The summed E-state index contributed by atoms with van der Waals surface area (Å²) in [7, 11) is 1.80. The molecule has 0 aliphatic carbocycles. The number of hydrogen-bond acceptors (Lipinski definition) is 1. The first-order chi connectivity index (χ1) is 6.52. The summed E-state index contributed by atoms with van der Waals surface area (Å²) in [5, 5.41) is 0. The maximum absolute atomic E-state index is 11.6. The van der Waals surface area contributed by atoms with Crippen LogP contribution >= 0.6 is 15.9 Å². The fraction of sp³-hybridized carbons (Fsp3) is 0.364. The highest BCUT2D eigenvalue weighted by Gasteiger charge is 2.13. The van der Waals surface area contributed by atoms with Crippen molar-refractivity contribution in [2.75, 3.05) is 11.9 Å². The number of carbonyl (C=O) groups excluding carboxylic acids is 1. The standard InChI is InChI=1S/C11H14BrNO/c1-8(2)11(14)13(3)10-6-4-9(12)5-7-10/h4-8H,1-3H3. The summed E-state index contributed by atoms with van der Waals surface area (Å²) >= 11 is 3.36. The van der Waals surface area contributed by atoms with Gasteiger partial charge in [-0.1, -0.05) is 29.8 Å². The average Bonchev–Trinajstić information content (AvgIpc) is 2.16. The molecule has 0 fully saturated rings. The first-order valence-corrected chi connectivity index (χ1v) is 5.35. The van der Waals surface area contributed by atoms with E-state index in [-0.39, 0.29) is 11.8 Å². The minimum Gasteiger partial charge on any atom is -0.315 e. The van der Waals surface area contributed by atoms with Crippen LogP contribution in [-0.4, -0.2) is 13.0 Å². The summed E-state index contributed by atoms with van der Waals surface area (Å²) in [5.74, 6) is 0.163. The zero-order valence-electron chi connectivity index (χ0n) is 8.62. The summed E-state index contributed by atoms with van der Waals surface area (Å²) in [6, 6.07) is 7.70. The lowest BCUT2D eigenvalue weighted by atomic mass is 10.2. The molecule has 3 heteroatoms. The monoisotopic (exact) mass is 255 g/mol. The summed E-state index contributed by atoms with van der Waals surface area (Å²) in [6.45, 7) is 3.80. The summed E-state index contributed by atoms with van der Waals surface area (Å²) < 4.78 is 1.02. The molecule has 0 radical (unpaired) electrons. The van der Waals surface area contributed by atoms with Crippen LogP contribution < -0.4 is 4.90 Å². The van der Waals surface area contributed by atoms with Crippen LogP contribution in [0.25, 0.3) is 0 Å². The second-order valence-electron chi connectivity index (χ2n) is 3.53. The van der Waals surface area contributed by atoms with E-state index in [1.165, 1.54) is 0 Å². The van der Waals surface area contributed by atoms with Crippen molar-refractivity contribution < 1.29 is 4.79 Å². The van der Waals surface area contributed by atoms with Crippen LogP contribution in [0.4, 0.5) is 5.69 Å². The highest BCUT2D eigenvalue weighted by molar-refractivity contribution is 9.10. The molecule has 1 aromatic rings. The van der Waals surface area contributed by atoms with Gasteiger partial charge in [0.15, 0.2) is 0 Å². The van der Waals surface area contributed by atoms with Crippen molar-refractivity contribution in [3.05, 3.63) is 28.7 Å². The van der Waals surface area contributed by atoms with Gasteiger partial charge in [-0.15, -0.1) is 0 Å². The van der Waals surface area contributed by atoms with Crippen LogP contribution in [0.15, 0.2) is 28.7 Å². The zero-order valence-corrected chi connectivity index (χ0v) is 10.2. The van der Waals surface area contributed by atoms with Crippen LogP contribution in [0, 0.1) is 5.92 Å². The molecule has 0 aliphatic rings. The maximum Gasteiger partial charge on any atom is 0.229 e. The van der Waals surface area contributed by atoms with E-state index < -0.39 is 0 Å². The van der Waals surface area contributed by atoms with Crippen molar-refractivity contribution in [3.8, 4) is 0 Å². The number of anilines is 1. The van der Waals surface area contributed by atoms with Gasteiger partial charge in [0.1, 0.15) is 0 Å². The average molecular weight is 256 g/mol. The second-order valence-corrected chi connectivity index (χ2v) is 4.44. The molecule has 14 heavy (non-hydrogen) atoms. The van der Waals surface area contributed by atoms with Crippen LogP contribution in [0.3, 0.4) is 0 Å². The van der Waals surface area contributed by atoms with Gasteiger partial charge in [0.2, 0.25) is 5.91 Å². The molecule has 76 valence electrons. The Morgan fingerprint density at radius 1 is 1.29 bits per heavy atom. The molecule has 0 spiro atoms. The highest BCUT2D eigenvalue weighted by atomic mass is 79.9. The van der Waals surface area contributed by atoms with Crippen molar-refractivity contribution >= 4 is 27.5 Å². The largest absolute Gasteiger partial charge is 0.315 e. The minimum absolute atomic E-state index is 0.0312. The topological polar surface area (TPSA) is 20.3 Å². The van der Waals surface area contributed by atoms with Gasteiger partial charge in [0, 0.05) is 23.1 Å². The van der Waals surface area contributed by atoms with E-state index in [2.05, 4.69) is 15.9 Å². The van der Waals surface area contributed by atoms with E-state index in [0.29, 0.717) is 0 Å². The lowest BCUT2D eigenvalue weighted by Crippen LogP contribution is -2.30. The first kappa shape index (κ1) is 11.2. The molecule has 0 atom stereocenters. The van der Waals surface area contributed by atoms with Crippen LogP contribution in [0.2, 0.25) is 0 Å². The first-order valence-electron chi connectivity index (χ1n) is 4.55. The zero-order chi connectivity index (χ0) is 10.7. The number of halogens is 1. The Morgan fingerprint density at radius 2 is 1.79 bits per heavy atom. The Labute approximate surface area is 93.0 Å². The van der Waals surface area contributed by atoms with Crippen molar-refractivity contribution in [1.29, 1.82) is 0 Å². The molecular weight excluding hydrogens is 242 g/mol. The normalized spacial score (nSPS) is 10.4. The lowest BCUT2D eigenvalue weighted by Gasteiger charge is -2.19. The molecule has 2 nitrogen and oxygen atoms in total. The van der Waals surface area contributed by atoms with E-state index in [0.717, 1.165) is 10.2 Å². The molecule has 0 aromatic heterocycles. The third-order valence-electron chi connectivity index (χ3n) is 2.04. The van der Waals surface area contributed by atoms with Gasteiger partial charge >= 0.3 is 0 Å². The van der Waals surface area contributed by atoms with Crippen LogP contribution in [0.1, 0.15) is 13.8 Å². The Morgan fingerprint density at radius 3 is 2.21 bits per heavy atom. The number of amides is 1. The summed E-state index contributed by atoms with van der Waals surface area (Å²) in [4.78, 5) is 13.3. The van der Waals surface area contributed by atoms with Gasteiger partial charge in [0.25, 0.3) is 0 Å². The predicted octanol–water partition coefficient (Wildman–Crippen LogP) is 3.07. The number of carbonyl (C=O) groups is 1. The Kier molecular flexibility index (Phi) is 3.69. The summed E-state index contributed by atoms with van der Waals surface area (Å²) in [6.07, 6.45) is 0. The lowest BCUT2D eigenvalue weighted by molar-refractivity contribution is -0.121. The fourth-order valence-corrected chi connectivity index (χ4v) is 1.44. The smallest absolute Gasteiger partial charge is 0.229 e. The SMILES string of the molecule is CC(C)C(=O)N(C)c1ccc(Br)cc1. The van der Waals surface area contributed by atoms with Crippen LogP contribution in [0.5, 0.6) is 0 Å².